The SMILES string of the molecule is C=C(C)[SiH2]C(c1ccccc1)(c1ccccc1)n1ccnc1.[B]C=C(c1ccccc1)c1ccccc1. The van der Waals surface area contributed by atoms with Crippen molar-refractivity contribution in [3.63, 3.8) is 0 Å². The molecule has 0 atom stereocenters. The zero-order valence-electron chi connectivity index (χ0n) is 21.2. The summed E-state index contributed by atoms with van der Waals surface area (Å²) in [5.74, 6) is 1.66. The van der Waals surface area contributed by atoms with Crippen LogP contribution in [0.15, 0.2) is 158 Å². The predicted molar refractivity (Wildman–Crippen MR) is 160 cm³/mol. The van der Waals surface area contributed by atoms with Gasteiger partial charge in [0.05, 0.1) is 21.0 Å². The van der Waals surface area contributed by atoms with Gasteiger partial charge in [-0.15, -0.1) is 12.6 Å². The van der Waals surface area contributed by atoms with Crippen LogP contribution in [0.2, 0.25) is 0 Å². The normalized spacial score (nSPS) is 10.9. The van der Waals surface area contributed by atoms with E-state index in [1.54, 1.807) is 5.98 Å². The average molecular weight is 495 g/mol. The Hall–Kier alpha value is -4.15. The Kier molecular flexibility index (Phi) is 8.90. The summed E-state index contributed by atoms with van der Waals surface area (Å²) in [7, 11) is 4.99. The van der Waals surface area contributed by atoms with Gasteiger partial charge in [0.15, 0.2) is 0 Å². The van der Waals surface area contributed by atoms with Gasteiger partial charge in [0.1, 0.15) is 7.85 Å². The van der Waals surface area contributed by atoms with Gasteiger partial charge in [0.2, 0.25) is 0 Å². The zero-order chi connectivity index (χ0) is 25.9. The molecule has 0 N–H and O–H groups in total. The van der Waals surface area contributed by atoms with Crippen LogP contribution in [0.4, 0.5) is 0 Å². The van der Waals surface area contributed by atoms with Crippen molar-refractivity contribution >= 4 is 22.9 Å². The lowest BCUT2D eigenvalue weighted by molar-refractivity contribution is 0.595. The first-order valence-corrected chi connectivity index (χ1v) is 13.8. The van der Waals surface area contributed by atoms with Crippen molar-refractivity contribution in [2.45, 2.75) is 12.1 Å². The molecule has 5 rings (SSSR count). The summed E-state index contributed by atoms with van der Waals surface area (Å²) in [5.41, 5.74) is 5.95. The van der Waals surface area contributed by atoms with Crippen LogP contribution in [0, 0.1) is 0 Å². The molecule has 0 fully saturated rings. The fourth-order valence-corrected chi connectivity index (χ4v) is 6.83. The molecule has 1 heterocycles. The largest absolute Gasteiger partial charge is 0.326 e. The highest BCUT2D eigenvalue weighted by atomic mass is 28.2. The smallest absolute Gasteiger partial charge is 0.103 e. The van der Waals surface area contributed by atoms with Gasteiger partial charge < -0.3 is 4.57 Å². The molecular weight excluding hydrogens is 463 g/mol. The number of nitrogens with zero attached hydrogens (tertiary/aromatic N) is 2. The molecule has 2 radical (unpaired) electrons. The number of benzene rings is 4. The zero-order valence-corrected chi connectivity index (χ0v) is 22.7. The van der Waals surface area contributed by atoms with Crippen molar-refractivity contribution in [1.82, 2.24) is 9.55 Å². The maximum Gasteiger partial charge on any atom is 0.103 e. The molecule has 0 aliphatic rings. The van der Waals surface area contributed by atoms with E-state index in [0.29, 0.717) is 0 Å². The van der Waals surface area contributed by atoms with Gasteiger partial charge in [-0.05, 0) is 34.8 Å². The Morgan fingerprint density at radius 3 is 1.54 bits per heavy atom. The molecular formula is C33H31BN2Si. The van der Waals surface area contributed by atoms with Crippen LogP contribution in [0.25, 0.3) is 5.57 Å². The van der Waals surface area contributed by atoms with Gasteiger partial charge in [-0.2, -0.15) is 0 Å². The van der Waals surface area contributed by atoms with Crippen molar-refractivity contribution in [3.05, 3.63) is 180 Å². The topological polar surface area (TPSA) is 17.8 Å². The molecule has 5 aromatic rings. The molecule has 0 amide bonds. The number of rotatable bonds is 7. The Morgan fingerprint density at radius 2 is 1.19 bits per heavy atom. The molecule has 0 unspecified atom stereocenters. The van der Waals surface area contributed by atoms with Gasteiger partial charge in [-0.3, -0.25) is 0 Å². The van der Waals surface area contributed by atoms with Crippen molar-refractivity contribution in [3.8, 4) is 0 Å². The maximum atomic E-state index is 5.67. The van der Waals surface area contributed by atoms with E-state index in [-0.39, 0.29) is 5.16 Å². The van der Waals surface area contributed by atoms with Gasteiger partial charge in [0, 0.05) is 12.4 Å². The van der Waals surface area contributed by atoms with Crippen LogP contribution in [0.3, 0.4) is 0 Å². The fourth-order valence-electron chi connectivity index (χ4n) is 4.70. The number of hydrogen-bond donors (Lipinski definition) is 0. The second-order valence-electron chi connectivity index (χ2n) is 9.01. The third-order valence-electron chi connectivity index (χ3n) is 6.34. The lowest BCUT2D eigenvalue weighted by Gasteiger charge is -2.37. The number of aromatic nitrogens is 2. The fraction of sp³-hybridized carbons (Fsp3) is 0.0606. The summed E-state index contributed by atoms with van der Waals surface area (Å²) in [6.07, 6.45) is 5.85. The van der Waals surface area contributed by atoms with Crippen LogP contribution < -0.4 is 0 Å². The first-order chi connectivity index (χ1) is 18.1. The molecule has 0 saturated heterocycles. The van der Waals surface area contributed by atoms with Crippen LogP contribution in [0.1, 0.15) is 29.2 Å². The van der Waals surface area contributed by atoms with Crippen LogP contribution in [0.5, 0.6) is 0 Å². The lowest BCUT2D eigenvalue weighted by Crippen LogP contribution is -2.42. The summed E-state index contributed by atoms with van der Waals surface area (Å²) in [6, 6.07) is 41.7. The highest BCUT2D eigenvalue weighted by molar-refractivity contribution is 6.50. The summed E-state index contributed by atoms with van der Waals surface area (Å²) in [5, 5.41) is 1.10. The summed E-state index contributed by atoms with van der Waals surface area (Å²) >= 11 is 0. The third-order valence-corrected chi connectivity index (χ3v) is 8.64. The third kappa shape index (κ3) is 6.17. The molecule has 0 aliphatic carbocycles. The molecule has 2 nitrogen and oxygen atoms in total. The van der Waals surface area contributed by atoms with Crippen LogP contribution >= 0.6 is 0 Å². The van der Waals surface area contributed by atoms with Crippen molar-refractivity contribution in [2.75, 3.05) is 0 Å². The predicted octanol–water partition coefficient (Wildman–Crippen LogP) is 6.58. The molecule has 37 heavy (non-hydrogen) atoms. The maximum absolute atomic E-state index is 5.67. The summed E-state index contributed by atoms with van der Waals surface area (Å²) in [6.45, 7) is 6.37. The highest BCUT2D eigenvalue weighted by Gasteiger charge is 2.36. The monoisotopic (exact) mass is 494 g/mol. The van der Waals surface area contributed by atoms with Crippen molar-refractivity contribution in [2.24, 2.45) is 0 Å². The minimum Gasteiger partial charge on any atom is -0.326 e. The van der Waals surface area contributed by atoms with Crippen LogP contribution in [-0.4, -0.2) is 26.9 Å². The van der Waals surface area contributed by atoms with Gasteiger partial charge in [0.25, 0.3) is 0 Å². The molecule has 0 aliphatic heterocycles. The van der Waals surface area contributed by atoms with Gasteiger partial charge >= 0.3 is 0 Å². The molecule has 0 saturated carbocycles. The van der Waals surface area contributed by atoms with E-state index >= 15 is 0 Å². The van der Waals surface area contributed by atoms with Crippen molar-refractivity contribution < 1.29 is 0 Å². The van der Waals surface area contributed by atoms with E-state index in [0.717, 1.165) is 16.7 Å². The van der Waals surface area contributed by atoms with Gasteiger partial charge in [-0.1, -0.05) is 127 Å². The van der Waals surface area contributed by atoms with Crippen LogP contribution in [-0.2, 0) is 5.16 Å². The molecule has 0 spiro atoms. The number of hydrogen-bond acceptors (Lipinski definition) is 1. The Bertz CT molecular complexity index is 1320. The van der Waals surface area contributed by atoms with E-state index in [1.807, 2.05) is 48.9 Å². The number of allylic oxidation sites excluding steroid dienone is 1. The highest BCUT2D eigenvalue weighted by Crippen LogP contribution is 2.34. The minimum absolute atomic E-state index is 0.176. The number of imidazole rings is 1. The molecule has 4 aromatic carbocycles. The summed E-state index contributed by atoms with van der Waals surface area (Å²) in [4.78, 5) is 4.30. The average Bonchev–Trinajstić information content (AvgIpc) is 3.50. The summed E-state index contributed by atoms with van der Waals surface area (Å²) < 4.78 is 2.25. The van der Waals surface area contributed by atoms with E-state index in [2.05, 4.69) is 114 Å². The standard InChI is InChI=1S/C19H20N2Si.C14H11B/c1-16(2)22-19(21-14-13-20-15-21,17-9-5-3-6-10-17)18-11-7-4-8-12-18;15-11-14(12-7-3-1-4-8-12)13-9-5-2-6-10-13/h3-15H,1,22H2,2H3;1-11H. The Morgan fingerprint density at radius 1 is 0.757 bits per heavy atom. The second kappa shape index (κ2) is 12.7. The van der Waals surface area contributed by atoms with E-state index in [9.17, 15) is 0 Å². The first-order valence-electron chi connectivity index (χ1n) is 12.4. The Balaban J connectivity index is 0.000000186. The van der Waals surface area contributed by atoms with Crippen molar-refractivity contribution in [1.29, 1.82) is 0 Å². The van der Waals surface area contributed by atoms with Gasteiger partial charge in [-0.25, -0.2) is 4.98 Å². The van der Waals surface area contributed by atoms with E-state index < -0.39 is 9.52 Å². The molecule has 1 aromatic heterocycles. The van der Waals surface area contributed by atoms with E-state index in [1.165, 1.54) is 16.3 Å². The minimum atomic E-state index is -0.684. The molecule has 180 valence electrons. The molecule has 4 heteroatoms. The lowest BCUT2D eigenvalue weighted by atomic mass is 9.92. The quantitative estimate of drug-likeness (QED) is 0.234. The first kappa shape index (κ1) is 25.9. The molecule has 0 bridgehead atoms. The Labute approximate surface area is 224 Å². The van der Waals surface area contributed by atoms with E-state index in [4.69, 9.17) is 7.85 Å². The second-order valence-corrected chi connectivity index (χ2v) is 11.6.